The van der Waals surface area contributed by atoms with E-state index in [0.29, 0.717) is 38.0 Å². The fourth-order valence-corrected chi connectivity index (χ4v) is 3.37. The summed E-state index contributed by atoms with van der Waals surface area (Å²) in [5.41, 5.74) is 0. The van der Waals surface area contributed by atoms with Crippen LogP contribution in [-0.4, -0.2) is 50.2 Å². The van der Waals surface area contributed by atoms with E-state index in [2.05, 4.69) is 11.4 Å². The number of ether oxygens (including phenoxy) is 1. The molecule has 0 spiro atoms. The van der Waals surface area contributed by atoms with Crippen LogP contribution in [0.3, 0.4) is 0 Å². The van der Waals surface area contributed by atoms with Crippen molar-refractivity contribution in [2.45, 2.75) is 31.7 Å². The molecule has 2 fully saturated rings. The zero-order valence-corrected chi connectivity index (χ0v) is 11.6. The normalized spacial score (nSPS) is 28.9. The Morgan fingerprint density at radius 2 is 2.32 bits per heavy atom. The molecular formula is C14H23N3O2. The molecule has 3 atom stereocenters. The molecule has 1 aliphatic carbocycles. The second kappa shape index (κ2) is 6.88. The van der Waals surface area contributed by atoms with Gasteiger partial charge in [-0.15, -0.1) is 0 Å². The maximum absolute atomic E-state index is 12.6. The molecule has 3 unspecified atom stereocenters. The standard InChI is InChI=1S/C14H23N3O2/c1-19-9-8-17(7-3-6-15)14(18)13-12-5-2-4-11(12)10-16-13/h11-13,16H,2-5,7-10H2,1H3. The van der Waals surface area contributed by atoms with Crippen molar-refractivity contribution < 1.29 is 9.53 Å². The molecule has 5 heteroatoms. The molecule has 5 nitrogen and oxygen atoms in total. The van der Waals surface area contributed by atoms with Crippen LogP contribution in [-0.2, 0) is 9.53 Å². The summed E-state index contributed by atoms with van der Waals surface area (Å²) < 4.78 is 5.05. The lowest BCUT2D eigenvalue weighted by atomic mass is 9.93. The van der Waals surface area contributed by atoms with Gasteiger partial charge in [0.05, 0.1) is 25.1 Å². The van der Waals surface area contributed by atoms with Gasteiger partial charge in [-0.2, -0.15) is 5.26 Å². The number of rotatable bonds is 6. The number of nitrogens with one attached hydrogen (secondary N) is 1. The molecule has 1 aliphatic heterocycles. The highest BCUT2D eigenvalue weighted by Gasteiger charge is 2.43. The molecule has 19 heavy (non-hydrogen) atoms. The highest BCUT2D eigenvalue weighted by atomic mass is 16.5. The second-order valence-electron chi connectivity index (χ2n) is 5.47. The van der Waals surface area contributed by atoms with Crippen LogP contribution in [0.4, 0.5) is 0 Å². The van der Waals surface area contributed by atoms with Gasteiger partial charge >= 0.3 is 0 Å². The van der Waals surface area contributed by atoms with Crippen LogP contribution in [0.25, 0.3) is 0 Å². The zero-order chi connectivity index (χ0) is 13.7. The van der Waals surface area contributed by atoms with Crippen molar-refractivity contribution in [3.05, 3.63) is 0 Å². The number of nitriles is 1. The van der Waals surface area contributed by atoms with Gasteiger partial charge in [-0.3, -0.25) is 4.79 Å². The first-order chi connectivity index (χ1) is 9.27. The monoisotopic (exact) mass is 265 g/mol. The summed E-state index contributed by atoms with van der Waals surface area (Å²) in [5, 5.41) is 12.1. The van der Waals surface area contributed by atoms with E-state index in [0.717, 1.165) is 13.0 Å². The number of fused-ring (bicyclic) bond motifs is 1. The Morgan fingerprint density at radius 1 is 1.47 bits per heavy atom. The fraction of sp³-hybridized carbons (Fsp3) is 0.857. The minimum absolute atomic E-state index is 0.0388. The Hall–Kier alpha value is -1.12. The van der Waals surface area contributed by atoms with Gasteiger partial charge in [-0.25, -0.2) is 0 Å². The van der Waals surface area contributed by atoms with E-state index in [9.17, 15) is 4.79 Å². The predicted molar refractivity (Wildman–Crippen MR) is 71.3 cm³/mol. The van der Waals surface area contributed by atoms with Crippen LogP contribution in [0.5, 0.6) is 0 Å². The number of nitrogens with zero attached hydrogens (tertiary/aromatic N) is 2. The quantitative estimate of drug-likeness (QED) is 0.770. The molecule has 0 bridgehead atoms. The van der Waals surface area contributed by atoms with E-state index in [4.69, 9.17) is 10.00 Å². The Labute approximate surface area is 114 Å². The Morgan fingerprint density at radius 3 is 3.05 bits per heavy atom. The van der Waals surface area contributed by atoms with E-state index in [-0.39, 0.29) is 11.9 Å². The van der Waals surface area contributed by atoms with Gasteiger partial charge in [0.25, 0.3) is 0 Å². The van der Waals surface area contributed by atoms with Crippen molar-refractivity contribution >= 4 is 5.91 Å². The highest BCUT2D eigenvalue weighted by Crippen LogP contribution is 2.38. The van der Waals surface area contributed by atoms with Crippen molar-refractivity contribution in [2.75, 3.05) is 33.4 Å². The molecule has 0 radical (unpaired) electrons. The van der Waals surface area contributed by atoms with E-state index < -0.39 is 0 Å². The Balaban J connectivity index is 1.95. The first-order valence-corrected chi connectivity index (χ1v) is 7.16. The van der Waals surface area contributed by atoms with Gasteiger partial charge in [-0.05, 0) is 31.2 Å². The first-order valence-electron chi connectivity index (χ1n) is 7.16. The van der Waals surface area contributed by atoms with Gasteiger partial charge in [0.2, 0.25) is 5.91 Å². The lowest BCUT2D eigenvalue weighted by molar-refractivity contribution is -0.134. The van der Waals surface area contributed by atoms with Crippen LogP contribution in [0.1, 0.15) is 25.7 Å². The molecule has 1 N–H and O–H groups in total. The number of carbonyl (C=O) groups is 1. The molecule has 1 saturated heterocycles. The van der Waals surface area contributed by atoms with Crippen LogP contribution >= 0.6 is 0 Å². The molecule has 2 rings (SSSR count). The molecule has 1 heterocycles. The predicted octanol–water partition coefficient (Wildman–Crippen LogP) is 0.763. The summed E-state index contributed by atoms with van der Waals surface area (Å²) in [4.78, 5) is 14.4. The van der Waals surface area contributed by atoms with Gasteiger partial charge < -0.3 is 15.0 Å². The van der Waals surface area contributed by atoms with E-state index in [1.807, 2.05) is 0 Å². The topological polar surface area (TPSA) is 65.4 Å². The minimum Gasteiger partial charge on any atom is -0.383 e. The minimum atomic E-state index is -0.0388. The van der Waals surface area contributed by atoms with Crippen LogP contribution < -0.4 is 5.32 Å². The SMILES string of the molecule is COCCN(CCC#N)C(=O)C1NCC2CCCC21. The number of carbonyl (C=O) groups excluding carboxylic acids is 1. The lowest BCUT2D eigenvalue weighted by Crippen LogP contribution is -2.47. The first kappa shape index (κ1) is 14.3. The number of hydrogen-bond donors (Lipinski definition) is 1. The van der Waals surface area contributed by atoms with E-state index in [1.54, 1.807) is 12.0 Å². The third-order valence-electron chi connectivity index (χ3n) is 4.38. The number of hydrogen-bond acceptors (Lipinski definition) is 4. The maximum atomic E-state index is 12.6. The number of methoxy groups -OCH3 is 1. The van der Waals surface area contributed by atoms with Gasteiger partial charge in [0.15, 0.2) is 0 Å². The molecule has 0 aromatic carbocycles. The molecule has 1 amide bonds. The number of amides is 1. The average molecular weight is 265 g/mol. The Kier molecular flexibility index (Phi) is 5.17. The van der Waals surface area contributed by atoms with Gasteiger partial charge in [0.1, 0.15) is 0 Å². The molecule has 1 saturated carbocycles. The third-order valence-corrected chi connectivity index (χ3v) is 4.38. The molecule has 0 aromatic heterocycles. The van der Waals surface area contributed by atoms with Crippen molar-refractivity contribution in [3.63, 3.8) is 0 Å². The van der Waals surface area contributed by atoms with Crippen molar-refractivity contribution in [3.8, 4) is 6.07 Å². The van der Waals surface area contributed by atoms with Crippen molar-refractivity contribution in [2.24, 2.45) is 11.8 Å². The smallest absolute Gasteiger partial charge is 0.240 e. The molecule has 2 aliphatic rings. The average Bonchev–Trinajstić information content (AvgIpc) is 3.00. The largest absolute Gasteiger partial charge is 0.383 e. The summed E-state index contributed by atoms with van der Waals surface area (Å²) in [6, 6.07) is 2.07. The second-order valence-corrected chi connectivity index (χ2v) is 5.47. The van der Waals surface area contributed by atoms with Crippen LogP contribution in [0.15, 0.2) is 0 Å². The zero-order valence-electron chi connectivity index (χ0n) is 11.6. The van der Waals surface area contributed by atoms with E-state index >= 15 is 0 Å². The van der Waals surface area contributed by atoms with Crippen molar-refractivity contribution in [1.29, 1.82) is 5.26 Å². The Bertz CT molecular complexity index is 353. The van der Waals surface area contributed by atoms with Crippen molar-refractivity contribution in [1.82, 2.24) is 10.2 Å². The molecular weight excluding hydrogens is 242 g/mol. The van der Waals surface area contributed by atoms with Gasteiger partial charge in [0, 0.05) is 20.2 Å². The summed E-state index contributed by atoms with van der Waals surface area (Å²) in [6.07, 6.45) is 4.04. The summed E-state index contributed by atoms with van der Waals surface area (Å²) in [6.45, 7) is 2.58. The van der Waals surface area contributed by atoms with E-state index in [1.165, 1.54) is 12.8 Å². The lowest BCUT2D eigenvalue weighted by Gasteiger charge is -2.27. The van der Waals surface area contributed by atoms with Crippen LogP contribution in [0.2, 0.25) is 0 Å². The maximum Gasteiger partial charge on any atom is 0.240 e. The summed E-state index contributed by atoms with van der Waals surface area (Å²) >= 11 is 0. The highest BCUT2D eigenvalue weighted by molar-refractivity contribution is 5.82. The molecule has 0 aromatic rings. The van der Waals surface area contributed by atoms with Gasteiger partial charge in [-0.1, -0.05) is 6.42 Å². The summed E-state index contributed by atoms with van der Waals surface area (Å²) in [5.74, 6) is 1.33. The fourth-order valence-electron chi connectivity index (χ4n) is 3.37. The molecule has 106 valence electrons. The summed E-state index contributed by atoms with van der Waals surface area (Å²) in [7, 11) is 1.63. The van der Waals surface area contributed by atoms with Crippen LogP contribution in [0, 0.1) is 23.2 Å². The third kappa shape index (κ3) is 3.26.